The molecule has 6 nitrogen and oxygen atoms in total. The predicted octanol–water partition coefficient (Wildman–Crippen LogP) is 1.00. The Morgan fingerprint density at radius 3 is 2.62 bits per heavy atom. The Kier molecular flexibility index (Phi) is 5.38. The van der Waals surface area contributed by atoms with E-state index in [9.17, 15) is 10.1 Å². The van der Waals surface area contributed by atoms with Crippen molar-refractivity contribution in [1.29, 1.82) is 5.26 Å². The van der Waals surface area contributed by atoms with Gasteiger partial charge in [-0.2, -0.15) is 15.0 Å². The van der Waals surface area contributed by atoms with Crippen LogP contribution in [-0.4, -0.2) is 29.9 Å². The van der Waals surface area contributed by atoms with E-state index in [1.54, 1.807) is 6.92 Å². The van der Waals surface area contributed by atoms with Crippen LogP contribution in [-0.2, 0) is 13.2 Å². The largest absolute Gasteiger partial charge is 0.371 e. The van der Waals surface area contributed by atoms with Crippen molar-refractivity contribution in [3.05, 3.63) is 57.0 Å². The Labute approximate surface area is 154 Å². The summed E-state index contributed by atoms with van der Waals surface area (Å²) in [5.41, 5.74) is 3.87. The molecule has 1 atom stereocenters. The van der Waals surface area contributed by atoms with E-state index in [0.29, 0.717) is 12.2 Å². The quantitative estimate of drug-likeness (QED) is 0.872. The SMILES string of the molecule is Cc1nn(C[NH+](C)Cc2ccccc2N2CCCC2)c(=O)c(C#N)c1C. The molecule has 0 amide bonds. The second-order valence-corrected chi connectivity index (χ2v) is 7.12. The van der Waals surface area contributed by atoms with Crippen LogP contribution < -0.4 is 15.4 Å². The predicted molar refractivity (Wildman–Crippen MR) is 101 cm³/mol. The lowest BCUT2D eigenvalue weighted by atomic mass is 10.1. The number of nitrogens with zero attached hydrogens (tertiary/aromatic N) is 4. The highest BCUT2D eigenvalue weighted by molar-refractivity contribution is 5.53. The number of aryl methyl sites for hydroxylation is 1. The average molecular weight is 352 g/mol. The maximum absolute atomic E-state index is 12.5. The van der Waals surface area contributed by atoms with Crippen LogP contribution in [0.2, 0.25) is 0 Å². The van der Waals surface area contributed by atoms with Gasteiger partial charge in [-0.1, -0.05) is 18.2 Å². The second-order valence-electron chi connectivity index (χ2n) is 7.12. The number of nitrogens with one attached hydrogen (secondary N) is 1. The second kappa shape index (κ2) is 7.71. The van der Waals surface area contributed by atoms with Crippen molar-refractivity contribution in [2.75, 3.05) is 25.0 Å². The van der Waals surface area contributed by atoms with Gasteiger partial charge < -0.3 is 9.80 Å². The normalized spacial score (nSPS) is 15.1. The maximum Gasteiger partial charge on any atom is 0.289 e. The highest BCUT2D eigenvalue weighted by Crippen LogP contribution is 2.23. The lowest BCUT2D eigenvalue weighted by molar-refractivity contribution is -0.917. The topological polar surface area (TPSA) is 66.4 Å². The third kappa shape index (κ3) is 3.63. The van der Waals surface area contributed by atoms with Crippen molar-refractivity contribution >= 4 is 5.69 Å². The molecule has 1 aliphatic heterocycles. The maximum atomic E-state index is 12.5. The number of nitriles is 1. The summed E-state index contributed by atoms with van der Waals surface area (Å²) in [5.74, 6) is 0. The third-order valence-electron chi connectivity index (χ3n) is 5.10. The number of benzene rings is 1. The molecule has 1 N–H and O–H groups in total. The number of aromatic nitrogens is 2. The Morgan fingerprint density at radius 1 is 1.23 bits per heavy atom. The smallest absolute Gasteiger partial charge is 0.289 e. The molecule has 136 valence electrons. The van der Waals surface area contributed by atoms with Gasteiger partial charge >= 0.3 is 0 Å². The fourth-order valence-electron chi connectivity index (χ4n) is 3.57. The van der Waals surface area contributed by atoms with E-state index in [0.717, 1.165) is 30.2 Å². The molecule has 1 aliphatic rings. The van der Waals surface area contributed by atoms with E-state index in [4.69, 9.17) is 0 Å². The van der Waals surface area contributed by atoms with Crippen molar-refractivity contribution in [2.45, 2.75) is 39.9 Å². The van der Waals surface area contributed by atoms with E-state index in [1.165, 1.54) is 28.8 Å². The summed E-state index contributed by atoms with van der Waals surface area (Å²) in [6.07, 6.45) is 2.49. The number of hydrogen-bond acceptors (Lipinski definition) is 4. The zero-order valence-electron chi connectivity index (χ0n) is 15.7. The van der Waals surface area contributed by atoms with Crippen LogP contribution in [0.1, 0.15) is 35.2 Å². The van der Waals surface area contributed by atoms with E-state index in [1.807, 2.05) is 13.0 Å². The van der Waals surface area contributed by atoms with Crippen LogP contribution in [0.5, 0.6) is 0 Å². The minimum Gasteiger partial charge on any atom is -0.371 e. The molecule has 1 fully saturated rings. The zero-order valence-corrected chi connectivity index (χ0v) is 15.7. The standard InChI is InChI=1S/C20H25N5O/c1-15-16(2)22-25(20(26)18(15)12-21)14-23(3)13-17-8-4-5-9-19(17)24-10-6-7-11-24/h4-5,8-9H,6-7,10-11,13-14H2,1-3H3/p+1. The molecule has 0 spiro atoms. The molecule has 1 aromatic carbocycles. The zero-order chi connectivity index (χ0) is 18.7. The fraction of sp³-hybridized carbons (Fsp3) is 0.450. The minimum atomic E-state index is -0.303. The molecule has 26 heavy (non-hydrogen) atoms. The van der Waals surface area contributed by atoms with Crippen LogP contribution in [0.3, 0.4) is 0 Å². The summed E-state index contributed by atoms with van der Waals surface area (Å²) in [5, 5.41) is 13.7. The first-order valence-corrected chi connectivity index (χ1v) is 9.14. The van der Waals surface area contributed by atoms with Gasteiger partial charge in [0.2, 0.25) is 0 Å². The van der Waals surface area contributed by atoms with Gasteiger partial charge in [0.1, 0.15) is 18.2 Å². The van der Waals surface area contributed by atoms with Crippen molar-refractivity contribution in [1.82, 2.24) is 9.78 Å². The van der Waals surface area contributed by atoms with Gasteiger partial charge in [0.05, 0.1) is 12.7 Å². The monoisotopic (exact) mass is 352 g/mol. The van der Waals surface area contributed by atoms with E-state index in [2.05, 4.69) is 41.3 Å². The summed E-state index contributed by atoms with van der Waals surface area (Å²) in [6.45, 7) is 7.07. The average Bonchev–Trinajstić information content (AvgIpc) is 3.15. The molecule has 1 unspecified atom stereocenters. The van der Waals surface area contributed by atoms with Gasteiger partial charge in [0, 0.05) is 24.3 Å². The first-order valence-electron chi connectivity index (χ1n) is 9.14. The summed E-state index contributed by atoms with van der Waals surface area (Å²) < 4.78 is 1.43. The molecule has 0 radical (unpaired) electrons. The third-order valence-corrected chi connectivity index (χ3v) is 5.10. The lowest BCUT2D eigenvalue weighted by Gasteiger charge is -2.23. The molecule has 2 aromatic rings. The highest BCUT2D eigenvalue weighted by atomic mass is 16.1. The molecule has 1 aromatic heterocycles. The number of hydrogen-bond donors (Lipinski definition) is 1. The Hall–Kier alpha value is -2.65. The van der Waals surface area contributed by atoms with Crippen LogP contribution >= 0.6 is 0 Å². The lowest BCUT2D eigenvalue weighted by Crippen LogP contribution is -3.07. The molecular formula is C20H26N5O+. The van der Waals surface area contributed by atoms with Crippen LogP contribution in [0, 0.1) is 25.2 Å². The van der Waals surface area contributed by atoms with Crippen LogP contribution in [0.4, 0.5) is 5.69 Å². The van der Waals surface area contributed by atoms with Gasteiger partial charge in [0.25, 0.3) is 5.56 Å². The number of rotatable bonds is 5. The van der Waals surface area contributed by atoms with E-state index in [-0.39, 0.29) is 11.1 Å². The van der Waals surface area contributed by atoms with Gasteiger partial charge in [0.15, 0.2) is 6.67 Å². The van der Waals surface area contributed by atoms with Crippen LogP contribution in [0.25, 0.3) is 0 Å². The van der Waals surface area contributed by atoms with Gasteiger partial charge in [-0.05, 0) is 38.3 Å². The molecule has 0 bridgehead atoms. The summed E-state index contributed by atoms with van der Waals surface area (Å²) in [6, 6.07) is 10.5. The molecule has 0 aliphatic carbocycles. The molecule has 1 saturated heterocycles. The molecule has 6 heteroatoms. The summed E-state index contributed by atoms with van der Waals surface area (Å²) in [7, 11) is 2.05. The minimum absolute atomic E-state index is 0.197. The highest BCUT2D eigenvalue weighted by Gasteiger charge is 2.18. The van der Waals surface area contributed by atoms with Crippen molar-refractivity contribution in [2.24, 2.45) is 0 Å². The van der Waals surface area contributed by atoms with Crippen molar-refractivity contribution in [3.63, 3.8) is 0 Å². The molecular weight excluding hydrogens is 326 g/mol. The van der Waals surface area contributed by atoms with Crippen molar-refractivity contribution in [3.8, 4) is 6.07 Å². The first-order chi connectivity index (χ1) is 12.5. The Balaban J connectivity index is 1.81. The van der Waals surface area contributed by atoms with Gasteiger partial charge in [-0.3, -0.25) is 4.79 Å². The molecule has 2 heterocycles. The fourth-order valence-corrected chi connectivity index (χ4v) is 3.57. The number of para-hydroxylation sites is 1. The molecule has 3 rings (SSSR count). The van der Waals surface area contributed by atoms with Crippen LogP contribution in [0.15, 0.2) is 29.1 Å². The van der Waals surface area contributed by atoms with Crippen molar-refractivity contribution < 1.29 is 4.90 Å². The van der Waals surface area contributed by atoms with Gasteiger partial charge in [-0.25, -0.2) is 0 Å². The van der Waals surface area contributed by atoms with E-state index >= 15 is 0 Å². The summed E-state index contributed by atoms with van der Waals surface area (Å²) >= 11 is 0. The first kappa shape index (κ1) is 18.2. The van der Waals surface area contributed by atoms with E-state index < -0.39 is 0 Å². The Morgan fingerprint density at radius 2 is 1.92 bits per heavy atom. The number of anilines is 1. The molecule has 0 saturated carbocycles. The van der Waals surface area contributed by atoms with Gasteiger partial charge in [-0.15, -0.1) is 0 Å². The Bertz CT molecular complexity index is 890. The summed E-state index contributed by atoms with van der Waals surface area (Å²) in [4.78, 5) is 16.1. The number of quaternary nitrogens is 1.